The molecule has 9 nitrogen and oxygen atoms in total. The highest BCUT2D eigenvalue weighted by Gasteiger charge is 2.19. The van der Waals surface area contributed by atoms with Crippen LogP contribution in [0, 0.1) is 11.8 Å². The summed E-state index contributed by atoms with van der Waals surface area (Å²) >= 11 is 10.9. The number of amides is 1. The molecule has 398 valence electrons. The van der Waals surface area contributed by atoms with Crippen LogP contribution in [0.5, 0.6) is 10.8 Å². The molecule has 0 unspecified atom stereocenters. The van der Waals surface area contributed by atoms with Gasteiger partial charge in [-0.25, -0.2) is 9.59 Å². The standard InChI is InChI=1S/C59H85FN2O7S3/c1-3-5-6-7-8-9-10-11-14-19-22-25-28-31-34-47-68-59(65)51-40-42-52(43-41-51)69-55(71)44-37-49-35-38-50(39-36-49)58(64)62(60)61-57-53(70)48-56(72-57)67-46-33-30-27-24-21-18-16-13-12-15-17-20-23-26-29-32-45-66-54(63)4-2/h4,35-36,38-43,48,61,70H,2-3,5-34,45-47H2,1H3. The number of anilines is 1. The van der Waals surface area contributed by atoms with Gasteiger partial charge in [-0.1, -0.05) is 220 Å². The number of benzene rings is 2. The van der Waals surface area contributed by atoms with Crippen LogP contribution >= 0.6 is 36.2 Å². The fourth-order valence-corrected chi connectivity index (χ4v) is 9.53. The van der Waals surface area contributed by atoms with E-state index in [0.717, 1.165) is 38.5 Å². The van der Waals surface area contributed by atoms with Crippen LogP contribution in [0.1, 0.15) is 232 Å². The molecule has 1 N–H and O–H groups in total. The van der Waals surface area contributed by atoms with E-state index in [1.165, 1.54) is 190 Å². The van der Waals surface area contributed by atoms with Crippen molar-refractivity contribution in [2.24, 2.45) is 0 Å². The van der Waals surface area contributed by atoms with Crippen molar-refractivity contribution < 1.29 is 37.8 Å². The van der Waals surface area contributed by atoms with E-state index in [1.807, 2.05) is 0 Å². The molecule has 0 atom stereocenters. The number of hydrogen-bond acceptors (Lipinski definition) is 11. The third kappa shape index (κ3) is 30.0. The van der Waals surface area contributed by atoms with E-state index in [2.05, 4.69) is 43.4 Å². The molecule has 0 aliphatic rings. The molecule has 72 heavy (non-hydrogen) atoms. The monoisotopic (exact) mass is 1050 g/mol. The van der Waals surface area contributed by atoms with Crippen molar-refractivity contribution in [2.45, 2.75) is 211 Å². The zero-order chi connectivity index (χ0) is 51.7. The van der Waals surface area contributed by atoms with Crippen LogP contribution in [0.3, 0.4) is 0 Å². The van der Waals surface area contributed by atoms with Gasteiger partial charge in [0, 0.05) is 28.2 Å². The van der Waals surface area contributed by atoms with Crippen LogP contribution in [0.15, 0.2) is 72.1 Å². The minimum Gasteiger partial charge on any atom is -0.484 e. The molecule has 0 aliphatic carbocycles. The van der Waals surface area contributed by atoms with E-state index >= 15 is 4.48 Å². The summed E-state index contributed by atoms with van der Waals surface area (Å²) in [5, 5.41) is 0.931. The lowest BCUT2D eigenvalue weighted by Crippen LogP contribution is -2.28. The Bertz CT molecular complexity index is 2010. The Hall–Kier alpha value is -4.38. The fourth-order valence-electron chi connectivity index (χ4n) is 8.18. The van der Waals surface area contributed by atoms with Gasteiger partial charge >= 0.3 is 17.8 Å². The van der Waals surface area contributed by atoms with Crippen molar-refractivity contribution in [3.63, 3.8) is 0 Å². The van der Waals surface area contributed by atoms with Gasteiger partial charge in [0.2, 0.25) is 5.05 Å². The average Bonchev–Trinajstić information content (AvgIpc) is 3.74. The van der Waals surface area contributed by atoms with Crippen molar-refractivity contribution in [2.75, 3.05) is 25.2 Å². The lowest BCUT2D eigenvalue weighted by Gasteiger charge is -2.13. The normalized spacial score (nSPS) is 10.8. The van der Waals surface area contributed by atoms with Crippen LogP contribution in [0.25, 0.3) is 0 Å². The zero-order valence-electron chi connectivity index (χ0n) is 43.5. The number of thiophene rings is 1. The van der Waals surface area contributed by atoms with Gasteiger partial charge in [0.05, 0.1) is 25.4 Å². The molecular formula is C59H85FN2O7S3. The molecule has 0 saturated carbocycles. The highest BCUT2D eigenvalue weighted by Crippen LogP contribution is 2.37. The summed E-state index contributed by atoms with van der Waals surface area (Å²) in [5.74, 6) is 4.54. The maximum Gasteiger partial charge on any atom is 0.338 e. The number of hydrogen-bond donors (Lipinski definition) is 2. The summed E-state index contributed by atoms with van der Waals surface area (Å²) in [4.78, 5) is 36.9. The van der Waals surface area contributed by atoms with Gasteiger partial charge in [-0.2, -0.15) is 0 Å². The SMILES string of the molecule is C=CC(=O)OCCCCCCCCCCCCCCCCCCOc1cc(S)c(NN(F)C(=O)c2ccc(C#CC(=S)Oc3ccc(C(=O)OCCCCCCCCCCCCCCCCC)cc3)cc2)s1. The summed E-state index contributed by atoms with van der Waals surface area (Å²) in [6.07, 6.45) is 39.9. The van der Waals surface area contributed by atoms with Crippen LogP contribution in [0.4, 0.5) is 9.48 Å². The number of nitrogens with one attached hydrogen (secondary N) is 1. The Balaban J connectivity index is 1.19. The molecule has 0 fully saturated rings. The number of esters is 2. The molecule has 0 radical (unpaired) electrons. The van der Waals surface area contributed by atoms with Gasteiger partial charge in [-0.05, 0) is 85.9 Å². The number of hydrazine groups is 1. The molecule has 1 heterocycles. The first kappa shape index (κ1) is 61.9. The molecular weight excluding hydrogens is 964 g/mol. The first-order valence-electron chi connectivity index (χ1n) is 27.3. The van der Waals surface area contributed by atoms with E-state index in [1.54, 1.807) is 42.5 Å². The highest BCUT2D eigenvalue weighted by molar-refractivity contribution is 7.80. The molecule has 0 saturated heterocycles. The number of nitrogens with zero attached hydrogens (tertiary/aromatic N) is 1. The number of thiocarbonyl (C=S) groups is 1. The Morgan fingerprint density at radius 1 is 0.639 bits per heavy atom. The predicted molar refractivity (Wildman–Crippen MR) is 301 cm³/mol. The number of carbonyl (C=O) groups is 3. The molecule has 0 bridgehead atoms. The molecule has 2 aromatic carbocycles. The highest BCUT2D eigenvalue weighted by atomic mass is 32.1. The Morgan fingerprint density at radius 3 is 1.54 bits per heavy atom. The summed E-state index contributed by atoms with van der Waals surface area (Å²) < 4.78 is 37.1. The zero-order valence-corrected chi connectivity index (χ0v) is 46.0. The lowest BCUT2D eigenvalue weighted by atomic mass is 10.0. The molecule has 0 aliphatic heterocycles. The molecule has 1 aromatic heterocycles. The summed E-state index contributed by atoms with van der Waals surface area (Å²) in [6, 6.07) is 14.5. The van der Waals surface area contributed by atoms with Gasteiger partial charge < -0.3 is 18.9 Å². The predicted octanol–water partition coefficient (Wildman–Crippen LogP) is 17.5. The second kappa shape index (κ2) is 41.0. The van der Waals surface area contributed by atoms with Gasteiger partial charge in [-0.15, -0.1) is 12.6 Å². The molecule has 1 amide bonds. The number of halogens is 1. The van der Waals surface area contributed by atoms with Crippen molar-refractivity contribution in [3.8, 4) is 22.7 Å². The van der Waals surface area contributed by atoms with E-state index < -0.39 is 5.91 Å². The minimum atomic E-state index is -0.879. The fraction of sp³-hybridized carbons (Fsp3) is 0.593. The van der Waals surface area contributed by atoms with E-state index in [9.17, 15) is 14.4 Å². The third-order valence-corrected chi connectivity index (χ3v) is 14.1. The molecule has 0 spiro atoms. The number of thiol groups is 1. The molecule has 3 rings (SSSR count). The number of rotatable bonds is 42. The van der Waals surface area contributed by atoms with Crippen molar-refractivity contribution in [3.05, 3.63) is 83.9 Å². The molecule has 3 aromatic rings. The van der Waals surface area contributed by atoms with Crippen molar-refractivity contribution in [1.82, 2.24) is 5.23 Å². The summed E-state index contributed by atoms with van der Waals surface area (Å²) in [5.41, 5.74) is 3.60. The van der Waals surface area contributed by atoms with Gasteiger partial charge in [-0.3, -0.25) is 10.2 Å². The number of ether oxygens (including phenoxy) is 4. The average molecular weight is 1050 g/mol. The largest absolute Gasteiger partial charge is 0.484 e. The van der Waals surface area contributed by atoms with Gasteiger partial charge in [0.15, 0.2) is 5.06 Å². The quantitative estimate of drug-likeness (QED) is 0.00839. The second-order valence-electron chi connectivity index (χ2n) is 18.7. The number of carbonyl (C=O) groups excluding carboxylic acids is 3. The van der Waals surface area contributed by atoms with Crippen LogP contribution in [-0.4, -0.2) is 47.9 Å². The summed E-state index contributed by atoms with van der Waals surface area (Å²) in [7, 11) is 0. The van der Waals surface area contributed by atoms with Gasteiger partial charge in [0.25, 0.3) is 0 Å². The minimum absolute atomic E-state index is 0.0299. The van der Waals surface area contributed by atoms with E-state index in [-0.39, 0.29) is 27.8 Å². The van der Waals surface area contributed by atoms with E-state index in [4.69, 9.17) is 31.2 Å². The lowest BCUT2D eigenvalue weighted by molar-refractivity contribution is -0.137. The van der Waals surface area contributed by atoms with Crippen LogP contribution in [0.2, 0.25) is 0 Å². The Morgan fingerprint density at radius 2 is 1.07 bits per heavy atom. The van der Waals surface area contributed by atoms with Crippen LogP contribution in [-0.2, 0) is 14.3 Å². The Labute approximate surface area is 447 Å². The van der Waals surface area contributed by atoms with Crippen molar-refractivity contribution in [1.29, 1.82) is 0 Å². The maximum absolute atomic E-state index is 15.0. The smallest absolute Gasteiger partial charge is 0.338 e. The Kier molecular flexibility index (Phi) is 35.3. The number of unbranched alkanes of at least 4 members (excludes halogenated alkanes) is 29. The van der Waals surface area contributed by atoms with E-state index in [0.29, 0.717) is 51.7 Å². The topological polar surface area (TPSA) is 103 Å². The first-order valence-corrected chi connectivity index (χ1v) is 29.0. The maximum atomic E-state index is 15.0. The van der Waals surface area contributed by atoms with Gasteiger partial charge in [0.1, 0.15) is 10.8 Å². The molecule has 13 heteroatoms. The van der Waals surface area contributed by atoms with Crippen molar-refractivity contribution >= 4 is 64.1 Å². The first-order chi connectivity index (χ1) is 35.2. The third-order valence-electron chi connectivity index (χ3n) is 12.5. The second-order valence-corrected chi connectivity index (χ2v) is 20.5. The summed E-state index contributed by atoms with van der Waals surface area (Å²) in [6.45, 7) is 7.14. The van der Waals surface area contributed by atoms with Crippen LogP contribution < -0.4 is 14.9 Å².